The average Bonchev–Trinajstić information content (AvgIpc) is 3.01. The topological polar surface area (TPSA) is 9.23 Å². The molecule has 0 N–H and O–H groups in total. The maximum Gasteiger partial charge on any atom is 0.126 e. The molecule has 0 saturated carbocycles. The zero-order valence-corrected chi connectivity index (χ0v) is 11.8. The fraction of sp³-hybridized carbons (Fsp3) is 0.158. The van der Waals surface area contributed by atoms with Crippen LogP contribution in [0.15, 0.2) is 66.8 Å². The van der Waals surface area contributed by atoms with Crippen LogP contribution < -0.4 is 4.74 Å². The number of ether oxygens (including phenoxy) is 1. The summed E-state index contributed by atoms with van der Waals surface area (Å²) in [6, 6.07) is 14.7. The molecule has 0 heterocycles. The summed E-state index contributed by atoms with van der Waals surface area (Å²) in [6.45, 7) is 2.19. The van der Waals surface area contributed by atoms with Crippen molar-refractivity contribution in [3.05, 3.63) is 77.9 Å². The SMILES string of the molecule is COc1ccccc1-c1cccc(C2C=CC=C2)c1C. The summed E-state index contributed by atoms with van der Waals surface area (Å²) in [5.41, 5.74) is 5.07. The maximum absolute atomic E-state index is 5.49. The standard InChI is InChI=1S/C19H18O/c1-14-16(15-8-3-4-9-15)11-7-12-17(14)18-10-5-6-13-19(18)20-2/h3-13,15H,1-2H3. The Bertz CT molecular complexity index is 668. The van der Waals surface area contributed by atoms with Gasteiger partial charge in [0, 0.05) is 11.5 Å². The lowest BCUT2D eigenvalue weighted by atomic mass is 9.90. The van der Waals surface area contributed by atoms with Crippen LogP contribution in [0.2, 0.25) is 0 Å². The number of rotatable bonds is 3. The van der Waals surface area contributed by atoms with Crippen molar-refractivity contribution in [1.29, 1.82) is 0 Å². The molecule has 0 bridgehead atoms. The molecule has 3 rings (SSSR count). The van der Waals surface area contributed by atoms with Crippen LogP contribution in [0.25, 0.3) is 11.1 Å². The molecule has 1 nitrogen and oxygen atoms in total. The number of methoxy groups -OCH3 is 1. The number of allylic oxidation sites excluding steroid dienone is 4. The molecule has 0 aliphatic heterocycles. The monoisotopic (exact) mass is 262 g/mol. The highest BCUT2D eigenvalue weighted by Gasteiger charge is 2.14. The Hall–Kier alpha value is -2.28. The molecule has 1 aliphatic rings. The summed E-state index contributed by atoms with van der Waals surface area (Å²) in [5, 5.41) is 0. The minimum absolute atomic E-state index is 0.393. The van der Waals surface area contributed by atoms with Gasteiger partial charge in [0.25, 0.3) is 0 Å². The predicted molar refractivity (Wildman–Crippen MR) is 84.2 cm³/mol. The van der Waals surface area contributed by atoms with Gasteiger partial charge in [-0.15, -0.1) is 0 Å². The minimum atomic E-state index is 0.393. The molecule has 0 unspecified atom stereocenters. The molecule has 20 heavy (non-hydrogen) atoms. The predicted octanol–water partition coefficient (Wildman–Crippen LogP) is 4.88. The van der Waals surface area contributed by atoms with Crippen LogP contribution in [0, 0.1) is 6.92 Å². The highest BCUT2D eigenvalue weighted by molar-refractivity contribution is 5.74. The molecule has 0 amide bonds. The third-order valence-electron chi connectivity index (χ3n) is 3.88. The van der Waals surface area contributed by atoms with Crippen molar-refractivity contribution in [1.82, 2.24) is 0 Å². The van der Waals surface area contributed by atoms with Crippen LogP contribution in [0.3, 0.4) is 0 Å². The van der Waals surface area contributed by atoms with Gasteiger partial charge in [-0.05, 0) is 29.7 Å². The van der Waals surface area contributed by atoms with E-state index in [9.17, 15) is 0 Å². The second-order valence-electron chi connectivity index (χ2n) is 5.02. The third-order valence-corrected chi connectivity index (χ3v) is 3.88. The van der Waals surface area contributed by atoms with Crippen molar-refractivity contribution >= 4 is 0 Å². The van der Waals surface area contributed by atoms with E-state index in [-0.39, 0.29) is 0 Å². The second kappa shape index (κ2) is 5.38. The molecule has 1 aliphatic carbocycles. The van der Waals surface area contributed by atoms with Gasteiger partial charge in [0.2, 0.25) is 0 Å². The first-order valence-corrected chi connectivity index (χ1v) is 6.89. The van der Waals surface area contributed by atoms with Crippen molar-refractivity contribution in [3.63, 3.8) is 0 Å². The molecular formula is C19H18O. The van der Waals surface area contributed by atoms with E-state index < -0.39 is 0 Å². The number of benzene rings is 2. The lowest BCUT2D eigenvalue weighted by molar-refractivity contribution is 0.416. The summed E-state index contributed by atoms with van der Waals surface area (Å²) < 4.78 is 5.49. The molecule has 2 aromatic carbocycles. The summed E-state index contributed by atoms with van der Waals surface area (Å²) in [7, 11) is 1.72. The molecule has 0 aromatic heterocycles. The van der Waals surface area contributed by atoms with Crippen molar-refractivity contribution in [2.45, 2.75) is 12.8 Å². The number of para-hydroxylation sites is 1. The van der Waals surface area contributed by atoms with E-state index in [1.54, 1.807) is 7.11 Å². The summed E-state index contributed by atoms with van der Waals surface area (Å²) in [5.74, 6) is 1.31. The molecule has 2 aromatic rings. The van der Waals surface area contributed by atoms with Crippen molar-refractivity contribution in [3.8, 4) is 16.9 Å². The number of hydrogen-bond acceptors (Lipinski definition) is 1. The first-order valence-electron chi connectivity index (χ1n) is 6.89. The Morgan fingerprint density at radius 1 is 0.850 bits per heavy atom. The summed E-state index contributed by atoms with van der Waals surface area (Å²) in [6.07, 6.45) is 8.68. The van der Waals surface area contributed by atoms with E-state index in [0.29, 0.717) is 5.92 Å². The van der Waals surface area contributed by atoms with Crippen LogP contribution >= 0.6 is 0 Å². The second-order valence-corrected chi connectivity index (χ2v) is 5.02. The normalized spacial score (nSPS) is 13.9. The molecular weight excluding hydrogens is 244 g/mol. The maximum atomic E-state index is 5.49. The van der Waals surface area contributed by atoms with Gasteiger partial charge < -0.3 is 4.74 Å². The third kappa shape index (κ3) is 2.16. The largest absolute Gasteiger partial charge is 0.496 e. The van der Waals surface area contributed by atoms with Gasteiger partial charge in [0.05, 0.1) is 7.11 Å². The van der Waals surface area contributed by atoms with Crippen LogP contribution in [-0.4, -0.2) is 7.11 Å². The Labute approximate surface area is 120 Å². The smallest absolute Gasteiger partial charge is 0.126 e. The van der Waals surface area contributed by atoms with Crippen LogP contribution in [-0.2, 0) is 0 Å². The van der Waals surface area contributed by atoms with Gasteiger partial charge >= 0.3 is 0 Å². The highest BCUT2D eigenvalue weighted by Crippen LogP contribution is 2.36. The minimum Gasteiger partial charge on any atom is -0.496 e. The lowest BCUT2D eigenvalue weighted by Gasteiger charge is -2.16. The first-order chi connectivity index (χ1) is 9.81. The van der Waals surface area contributed by atoms with Gasteiger partial charge in [0.15, 0.2) is 0 Å². The van der Waals surface area contributed by atoms with E-state index in [2.05, 4.69) is 61.6 Å². The quantitative estimate of drug-likeness (QED) is 0.766. The van der Waals surface area contributed by atoms with Crippen molar-refractivity contribution in [2.24, 2.45) is 0 Å². The average molecular weight is 262 g/mol. The molecule has 0 radical (unpaired) electrons. The molecule has 0 fully saturated rings. The van der Waals surface area contributed by atoms with Gasteiger partial charge in [-0.25, -0.2) is 0 Å². The first kappa shape index (κ1) is 12.7. The fourth-order valence-electron chi connectivity index (χ4n) is 2.81. The molecule has 0 atom stereocenters. The Kier molecular flexibility index (Phi) is 3.42. The molecule has 0 saturated heterocycles. The van der Waals surface area contributed by atoms with E-state index in [1.165, 1.54) is 16.7 Å². The summed E-state index contributed by atoms with van der Waals surface area (Å²) in [4.78, 5) is 0. The van der Waals surface area contributed by atoms with Gasteiger partial charge in [-0.2, -0.15) is 0 Å². The van der Waals surface area contributed by atoms with Crippen LogP contribution in [0.4, 0.5) is 0 Å². The lowest BCUT2D eigenvalue weighted by Crippen LogP contribution is -1.96. The van der Waals surface area contributed by atoms with Gasteiger partial charge in [-0.3, -0.25) is 0 Å². The van der Waals surface area contributed by atoms with Crippen molar-refractivity contribution in [2.75, 3.05) is 7.11 Å². The zero-order chi connectivity index (χ0) is 13.9. The van der Waals surface area contributed by atoms with Gasteiger partial charge in [0.1, 0.15) is 5.75 Å². The fourth-order valence-corrected chi connectivity index (χ4v) is 2.81. The van der Waals surface area contributed by atoms with Gasteiger partial charge in [-0.1, -0.05) is 60.7 Å². The van der Waals surface area contributed by atoms with E-state index in [1.807, 2.05) is 12.1 Å². The number of hydrogen-bond donors (Lipinski definition) is 0. The van der Waals surface area contributed by atoms with Crippen molar-refractivity contribution < 1.29 is 4.74 Å². The van der Waals surface area contributed by atoms with Crippen LogP contribution in [0.5, 0.6) is 5.75 Å². The molecule has 100 valence electrons. The van der Waals surface area contributed by atoms with Crippen LogP contribution in [0.1, 0.15) is 17.0 Å². The Morgan fingerprint density at radius 2 is 1.55 bits per heavy atom. The zero-order valence-electron chi connectivity index (χ0n) is 11.8. The Balaban J connectivity index is 2.13. The van der Waals surface area contributed by atoms with E-state index in [4.69, 9.17) is 4.74 Å². The van der Waals surface area contributed by atoms with E-state index >= 15 is 0 Å². The summed E-state index contributed by atoms with van der Waals surface area (Å²) >= 11 is 0. The molecule has 1 heteroatoms. The Morgan fingerprint density at radius 3 is 2.30 bits per heavy atom. The highest BCUT2D eigenvalue weighted by atomic mass is 16.5. The molecule has 0 spiro atoms. The van der Waals surface area contributed by atoms with E-state index in [0.717, 1.165) is 11.3 Å².